The minimum atomic E-state index is -0.420. The maximum Gasteiger partial charge on any atom is 0.231 e. The molecule has 30 heavy (non-hydrogen) atoms. The summed E-state index contributed by atoms with van der Waals surface area (Å²) in [4.78, 5) is 18.0. The van der Waals surface area contributed by atoms with Gasteiger partial charge in [-0.1, -0.05) is 30.3 Å². The average molecular weight is 401 g/mol. The monoisotopic (exact) mass is 401 g/mol. The first-order chi connectivity index (χ1) is 14.7. The van der Waals surface area contributed by atoms with Gasteiger partial charge in [0.05, 0.1) is 17.7 Å². The van der Waals surface area contributed by atoms with Gasteiger partial charge < -0.3 is 14.2 Å². The molecular weight excluding hydrogens is 378 g/mol. The van der Waals surface area contributed by atoms with Crippen LogP contribution < -0.4 is 9.47 Å². The van der Waals surface area contributed by atoms with E-state index in [0.29, 0.717) is 13.0 Å². The van der Waals surface area contributed by atoms with Gasteiger partial charge in [0.15, 0.2) is 11.5 Å². The summed E-state index contributed by atoms with van der Waals surface area (Å²) in [5.74, 6) is 1.67. The molecule has 0 N–H and O–H groups in total. The molecule has 0 radical (unpaired) electrons. The fourth-order valence-corrected chi connectivity index (χ4v) is 4.11. The summed E-state index contributed by atoms with van der Waals surface area (Å²) in [7, 11) is 1.69. The number of hydrogen-bond donors (Lipinski definition) is 0. The number of ketones is 1. The molecule has 1 aromatic heterocycles. The lowest BCUT2D eigenvalue weighted by Gasteiger charge is -2.15. The van der Waals surface area contributed by atoms with Crippen LogP contribution in [-0.4, -0.2) is 24.7 Å². The normalized spacial score (nSPS) is 15.8. The van der Waals surface area contributed by atoms with E-state index in [4.69, 9.17) is 19.2 Å². The molecule has 5 rings (SSSR count). The van der Waals surface area contributed by atoms with E-state index in [0.717, 1.165) is 52.4 Å². The van der Waals surface area contributed by atoms with Gasteiger partial charge in [-0.2, -0.15) is 0 Å². The number of benzene rings is 2. The van der Waals surface area contributed by atoms with Gasteiger partial charge >= 0.3 is 0 Å². The number of methoxy groups -OCH3 is 1. The van der Waals surface area contributed by atoms with E-state index >= 15 is 0 Å². The Labute approximate surface area is 175 Å². The largest absolute Gasteiger partial charge is 0.454 e. The Morgan fingerprint density at radius 1 is 1.03 bits per heavy atom. The summed E-state index contributed by atoms with van der Waals surface area (Å²) in [5.41, 5.74) is 4.37. The second-order valence-electron chi connectivity index (χ2n) is 7.90. The summed E-state index contributed by atoms with van der Waals surface area (Å²) in [6.07, 6.45) is 2.05. The van der Waals surface area contributed by atoms with Crippen molar-refractivity contribution in [1.82, 2.24) is 4.98 Å². The van der Waals surface area contributed by atoms with Crippen LogP contribution in [0.15, 0.2) is 60.7 Å². The van der Waals surface area contributed by atoms with Crippen molar-refractivity contribution in [2.24, 2.45) is 0 Å². The predicted octanol–water partition coefficient (Wildman–Crippen LogP) is 4.47. The Bertz CT molecular complexity index is 1100. The summed E-state index contributed by atoms with van der Waals surface area (Å²) < 4.78 is 16.1. The first kappa shape index (κ1) is 18.8. The van der Waals surface area contributed by atoms with Crippen molar-refractivity contribution < 1.29 is 19.0 Å². The van der Waals surface area contributed by atoms with Crippen molar-refractivity contribution in [2.45, 2.75) is 31.3 Å². The Morgan fingerprint density at radius 2 is 1.87 bits per heavy atom. The van der Waals surface area contributed by atoms with Crippen molar-refractivity contribution in [3.63, 3.8) is 0 Å². The van der Waals surface area contributed by atoms with Crippen LogP contribution in [0.5, 0.6) is 11.5 Å². The number of ether oxygens (including phenoxy) is 3. The van der Waals surface area contributed by atoms with Crippen LogP contribution in [0.1, 0.15) is 29.7 Å². The number of fused-ring (bicyclic) bond motifs is 1. The van der Waals surface area contributed by atoms with Crippen LogP contribution >= 0.6 is 0 Å². The molecule has 5 nitrogen and oxygen atoms in total. The van der Waals surface area contributed by atoms with E-state index in [9.17, 15) is 4.79 Å². The van der Waals surface area contributed by atoms with Crippen LogP contribution in [0.4, 0.5) is 0 Å². The maximum absolute atomic E-state index is 13.3. The van der Waals surface area contributed by atoms with Crippen molar-refractivity contribution in [2.75, 3.05) is 13.9 Å². The van der Waals surface area contributed by atoms with Crippen molar-refractivity contribution >= 4 is 5.78 Å². The van der Waals surface area contributed by atoms with Crippen molar-refractivity contribution in [1.29, 1.82) is 0 Å². The highest BCUT2D eigenvalue weighted by atomic mass is 16.7. The third kappa shape index (κ3) is 3.46. The lowest BCUT2D eigenvalue weighted by atomic mass is 9.88. The van der Waals surface area contributed by atoms with Gasteiger partial charge in [0.2, 0.25) is 6.79 Å². The van der Waals surface area contributed by atoms with Crippen molar-refractivity contribution in [3.8, 4) is 22.8 Å². The standard InChI is InChI=1S/C25H23NO4/c1-28-15-17-4-2-5-18(12-17)21-7-3-6-20(26-21)14-24(27)25(10-11-25)19-8-9-22-23(13-19)30-16-29-22/h2-9,12-13H,10-11,14-16H2,1H3. The fourth-order valence-electron chi connectivity index (χ4n) is 4.11. The molecule has 2 aromatic carbocycles. The Hall–Kier alpha value is -3.18. The van der Waals surface area contributed by atoms with E-state index in [1.807, 2.05) is 54.6 Å². The maximum atomic E-state index is 13.3. The van der Waals surface area contributed by atoms with Crippen LogP contribution in [0.2, 0.25) is 0 Å². The van der Waals surface area contributed by atoms with Gasteiger partial charge in [-0.3, -0.25) is 9.78 Å². The molecule has 0 atom stereocenters. The fraction of sp³-hybridized carbons (Fsp3) is 0.280. The Morgan fingerprint density at radius 3 is 2.70 bits per heavy atom. The van der Waals surface area contributed by atoms with E-state index in [2.05, 4.69) is 6.07 Å². The van der Waals surface area contributed by atoms with Crippen LogP contribution in [0, 0.1) is 0 Å². The van der Waals surface area contributed by atoms with Gasteiger partial charge in [-0.05, 0) is 54.3 Å². The summed E-state index contributed by atoms with van der Waals surface area (Å²) >= 11 is 0. The SMILES string of the molecule is COCc1cccc(-c2cccc(CC(=O)C3(c4ccc5c(c4)OCO5)CC3)n2)c1. The molecule has 2 aliphatic rings. The molecule has 3 aromatic rings. The number of aromatic nitrogens is 1. The number of nitrogens with zero attached hydrogens (tertiary/aromatic N) is 1. The number of hydrogen-bond acceptors (Lipinski definition) is 5. The second-order valence-corrected chi connectivity index (χ2v) is 7.90. The van der Waals surface area contributed by atoms with E-state index in [-0.39, 0.29) is 12.6 Å². The molecule has 2 heterocycles. The molecule has 0 bridgehead atoms. The van der Waals surface area contributed by atoms with Crippen LogP contribution in [0.25, 0.3) is 11.3 Å². The van der Waals surface area contributed by atoms with Gasteiger partial charge in [0.25, 0.3) is 0 Å². The van der Waals surface area contributed by atoms with E-state index in [1.165, 1.54) is 0 Å². The molecule has 1 aliphatic heterocycles. The molecule has 152 valence electrons. The summed E-state index contributed by atoms with van der Waals surface area (Å²) in [6.45, 7) is 0.798. The van der Waals surface area contributed by atoms with Gasteiger partial charge in [0.1, 0.15) is 5.78 Å². The van der Waals surface area contributed by atoms with Gasteiger partial charge in [0, 0.05) is 24.8 Å². The predicted molar refractivity (Wildman–Crippen MR) is 113 cm³/mol. The molecule has 0 amide bonds. The second kappa shape index (κ2) is 7.58. The number of carbonyl (C=O) groups excluding carboxylic acids is 1. The number of pyridine rings is 1. The molecule has 1 fully saturated rings. The minimum Gasteiger partial charge on any atom is -0.454 e. The van der Waals surface area contributed by atoms with E-state index < -0.39 is 5.41 Å². The first-order valence-corrected chi connectivity index (χ1v) is 10.2. The quantitative estimate of drug-likeness (QED) is 0.585. The molecule has 1 aliphatic carbocycles. The van der Waals surface area contributed by atoms with Crippen LogP contribution in [0.3, 0.4) is 0 Å². The lowest BCUT2D eigenvalue weighted by molar-refractivity contribution is -0.120. The highest BCUT2D eigenvalue weighted by molar-refractivity contribution is 5.94. The van der Waals surface area contributed by atoms with E-state index in [1.54, 1.807) is 7.11 Å². The third-order valence-electron chi connectivity index (χ3n) is 5.89. The number of rotatable bonds is 7. The average Bonchev–Trinajstić information content (AvgIpc) is 3.45. The zero-order chi connectivity index (χ0) is 20.6. The smallest absolute Gasteiger partial charge is 0.231 e. The molecule has 1 saturated carbocycles. The summed E-state index contributed by atoms with van der Waals surface area (Å²) in [6, 6.07) is 19.9. The lowest BCUT2D eigenvalue weighted by Crippen LogP contribution is -2.23. The topological polar surface area (TPSA) is 57.7 Å². The molecule has 0 saturated heterocycles. The zero-order valence-electron chi connectivity index (χ0n) is 16.9. The Kier molecular flexibility index (Phi) is 4.75. The van der Waals surface area contributed by atoms with Crippen molar-refractivity contribution in [3.05, 3.63) is 77.5 Å². The molecular formula is C25H23NO4. The van der Waals surface area contributed by atoms with Gasteiger partial charge in [-0.15, -0.1) is 0 Å². The minimum absolute atomic E-state index is 0.208. The molecule has 5 heteroatoms. The first-order valence-electron chi connectivity index (χ1n) is 10.2. The number of carbonyl (C=O) groups is 1. The van der Waals surface area contributed by atoms with Crippen LogP contribution in [-0.2, 0) is 28.0 Å². The zero-order valence-corrected chi connectivity index (χ0v) is 16.9. The highest BCUT2D eigenvalue weighted by Gasteiger charge is 2.50. The highest BCUT2D eigenvalue weighted by Crippen LogP contribution is 2.51. The summed E-state index contributed by atoms with van der Waals surface area (Å²) in [5, 5.41) is 0. The third-order valence-corrected chi connectivity index (χ3v) is 5.89. The number of Topliss-reactive ketones (excluding diaryl/α,β-unsaturated/α-hetero) is 1. The van der Waals surface area contributed by atoms with Gasteiger partial charge in [-0.25, -0.2) is 0 Å². The Balaban J connectivity index is 1.37. The molecule has 0 unspecified atom stereocenters. The molecule has 0 spiro atoms.